The smallest absolute Gasteiger partial charge is 0.254 e. The summed E-state index contributed by atoms with van der Waals surface area (Å²) in [5, 5.41) is 7.87. The number of anilines is 2. The Bertz CT molecular complexity index is 1180. The van der Waals surface area contributed by atoms with Crippen molar-refractivity contribution in [1.82, 2.24) is 14.6 Å². The van der Waals surface area contributed by atoms with Gasteiger partial charge in [-0.25, -0.2) is 13.4 Å². The number of halogens is 2. The average Bonchev–Trinajstić information content (AvgIpc) is 2.94. The molecular formula is C17H17Cl2N5O3S. The predicted octanol–water partition coefficient (Wildman–Crippen LogP) is 3.41. The second kappa shape index (κ2) is 7.23. The number of nitrogens with two attached hydrogens (primary N) is 1. The summed E-state index contributed by atoms with van der Waals surface area (Å²) >= 11 is 12.1. The van der Waals surface area contributed by atoms with Crippen LogP contribution in [0.1, 0.15) is 35.7 Å². The Kier molecular flexibility index (Phi) is 5.26. The van der Waals surface area contributed by atoms with Crippen LogP contribution in [0.4, 0.5) is 11.5 Å². The Hall–Kier alpha value is -2.36. The minimum Gasteiger partial charge on any atom is -0.365 e. The fourth-order valence-electron chi connectivity index (χ4n) is 2.83. The molecule has 1 aromatic carbocycles. The number of primary amides is 1. The fourth-order valence-corrected chi connectivity index (χ4v) is 4.31. The van der Waals surface area contributed by atoms with Gasteiger partial charge in [-0.2, -0.15) is 9.61 Å². The van der Waals surface area contributed by atoms with Gasteiger partial charge in [0.15, 0.2) is 20.5 Å². The molecule has 3 aromatic rings. The van der Waals surface area contributed by atoms with Crippen molar-refractivity contribution in [3.8, 4) is 0 Å². The quantitative estimate of drug-likeness (QED) is 0.625. The van der Waals surface area contributed by atoms with Gasteiger partial charge in [0.05, 0.1) is 0 Å². The van der Waals surface area contributed by atoms with E-state index in [1.165, 1.54) is 10.7 Å². The van der Waals surface area contributed by atoms with Crippen LogP contribution in [-0.4, -0.2) is 35.2 Å². The van der Waals surface area contributed by atoms with Gasteiger partial charge in [-0.15, -0.1) is 0 Å². The zero-order chi connectivity index (χ0) is 20.8. The van der Waals surface area contributed by atoms with E-state index in [1.807, 2.05) is 13.8 Å². The Morgan fingerprint density at radius 3 is 2.32 bits per heavy atom. The standard InChI is InChI=1S/C17H17Cl2N5O3S/c1-8(2)13-16-21-7-12(14(20)25)15(24(16)23-17(13)28(3,26)27)22-11-5-9(18)4-10(19)6-11/h4-8,22H,1-3H3,(H2,20,25). The van der Waals surface area contributed by atoms with Crippen LogP contribution in [0.5, 0.6) is 0 Å². The third kappa shape index (κ3) is 3.78. The maximum absolute atomic E-state index is 12.3. The summed E-state index contributed by atoms with van der Waals surface area (Å²) < 4.78 is 25.8. The number of rotatable bonds is 5. The highest BCUT2D eigenvalue weighted by atomic mass is 35.5. The summed E-state index contributed by atoms with van der Waals surface area (Å²) in [7, 11) is -3.63. The Balaban J connectivity index is 2.35. The Labute approximate surface area is 171 Å². The molecule has 0 aliphatic carbocycles. The molecule has 0 bridgehead atoms. The van der Waals surface area contributed by atoms with Crippen LogP contribution in [0, 0.1) is 0 Å². The summed E-state index contributed by atoms with van der Waals surface area (Å²) in [4.78, 5) is 16.2. The molecule has 0 fully saturated rings. The number of nitrogens with one attached hydrogen (secondary N) is 1. The Morgan fingerprint density at radius 1 is 1.21 bits per heavy atom. The van der Waals surface area contributed by atoms with Gasteiger partial charge >= 0.3 is 0 Å². The lowest BCUT2D eigenvalue weighted by Crippen LogP contribution is -2.17. The van der Waals surface area contributed by atoms with Crippen LogP contribution in [0.25, 0.3) is 5.65 Å². The highest BCUT2D eigenvalue weighted by molar-refractivity contribution is 7.90. The summed E-state index contributed by atoms with van der Waals surface area (Å²) in [6.07, 6.45) is 2.35. The van der Waals surface area contributed by atoms with Crippen LogP contribution in [0.2, 0.25) is 10.0 Å². The van der Waals surface area contributed by atoms with Gasteiger partial charge in [-0.3, -0.25) is 4.79 Å². The SMILES string of the molecule is CC(C)c1c(S(C)(=O)=O)nn2c(Nc3cc(Cl)cc(Cl)c3)c(C(N)=O)cnc12. The van der Waals surface area contributed by atoms with E-state index in [0.29, 0.717) is 26.9 Å². The van der Waals surface area contributed by atoms with Crippen molar-refractivity contribution >= 4 is 56.1 Å². The molecule has 0 saturated heterocycles. The van der Waals surface area contributed by atoms with Gasteiger partial charge in [-0.1, -0.05) is 37.0 Å². The number of hydrogen-bond acceptors (Lipinski definition) is 6. The van der Waals surface area contributed by atoms with E-state index in [1.54, 1.807) is 18.2 Å². The molecule has 148 valence electrons. The molecule has 2 heterocycles. The van der Waals surface area contributed by atoms with Gasteiger partial charge in [0, 0.05) is 33.7 Å². The predicted molar refractivity (Wildman–Crippen MR) is 108 cm³/mol. The molecule has 0 atom stereocenters. The minimum atomic E-state index is -3.63. The van der Waals surface area contributed by atoms with Gasteiger partial charge in [0.25, 0.3) is 5.91 Å². The van der Waals surface area contributed by atoms with Crippen molar-refractivity contribution in [2.45, 2.75) is 24.8 Å². The lowest BCUT2D eigenvalue weighted by molar-refractivity contribution is 0.100. The van der Waals surface area contributed by atoms with E-state index in [2.05, 4.69) is 15.4 Å². The van der Waals surface area contributed by atoms with Gasteiger partial charge in [0.1, 0.15) is 11.4 Å². The van der Waals surface area contributed by atoms with Crippen molar-refractivity contribution < 1.29 is 13.2 Å². The average molecular weight is 442 g/mol. The summed E-state index contributed by atoms with van der Waals surface area (Å²) in [6, 6.07) is 4.74. The second-order valence-electron chi connectivity index (χ2n) is 6.55. The van der Waals surface area contributed by atoms with Crippen LogP contribution < -0.4 is 11.1 Å². The molecule has 8 nitrogen and oxygen atoms in total. The molecular weight excluding hydrogens is 425 g/mol. The van der Waals surface area contributed by atoms with Crippen LogP contribution in [0.15, 0.2) is 29.4 Å². The van der Waals surface area contributed by atoms with Crippen molar-refractivity contribution in [2.75, 3.05) is 11.6 Å². The van der Waals surface area contributed by atoms with E-state index in [4.69, 9.17) is 28.9 Å². The van der Waals surface area contributed by atoms with E-state index in [-0.39, 0.29) is 22.3 Å². The van der Waals surface area contributed by atoms with Gasteiger partial charge in [-0.05, 0) is 24.1 Å². The molecule has 2 aromatic heterocycles. The molecule has 3 N–H and O–H groups in total. The number of benzene rings is 1. The third-order valence-electron chi connectivity index (χ3n) is 3.96. The van der Waals surface area contributed by atoms with Crippen molar-refractivity contribution in [1.29, 1.82) is 0 Å². The lowest BCUT2D eigenvalue weighted by atomic mass is 10.1. The molecule has 0 radical (unpaired) electrons. The number of fused-ring (bicyclic) bond motifs is 1. The zero-order valence-electron chi connectivity index (χ0n) is 15.2. The zero-order valence-corrected chi connectivity index (χ0v) is 17.5. The molecule has 0 aliphatic heterocycles. The first-order valence-electron chi connectivity index (χ1n) is 8.13. The van der Waals surface area contributed by atoms with E-state index in [9.17, 15) is 13.2 Å². The van der Waals surface area contributed by atoms with Crippen molar-refractivity contribution in [3.63, 3.8) is 0 Å². The first kappa shape index (κ1) is 20.4. The fraction of sp³-hybridized carbons (Fsp3) is 0.235. The largest absolute Gasteiger partial charge is 0.365 e. The van der Waals surface area contributed by atoms with Crippen molar-refractivity contribution in [2.24, 2.45) is 5.73 Å². The Morgan fingerprint density at radius 2 is 1.82 bits per heavy atom. The second-order valence-corrected chi connectivity index (χ2v) is 9.35. The third-order valence-corrected chi connectivity index (χ3v) is 5.41. The molecule has 28 heavy (non-hydrogen) atoms. The normalized spacial score (nSPS) is 11.9. The van der Waals surface area contributed by atoms with Crippen LogP contribution in [-0.2, 0) is 9.84 Å². The first-order valence-corrected chi connectivity index (χ1v) is 10.8. The molecule has 11 heteroatoms. The number of sulfone groups is 1. The van der Waals surface area contributed by atoms with Gasteiger partial charge in [0.2, 0.25) is 0 Å². The topological polar surface area (TPSA) is 119 Å². The molecule has 0 saturated carbocycles. The number of amides is 1. The maximum Gasteiger partial charge on any atom is 0.254 e. The molecule has 1 amide bonds. The minimum absolute atomic E-state index is 0.0291. The first-order chi connectivity index (χ1) is 13.0. The monoisotopic (exact) mass is 441 g/mol. The van der Waals surface area contributed by atoms with E-state index >= 15 is 0 Å². The highest BCUT2D eigenvalue weighted by Gasteiger charge is 2.27. The van der Waals surface area contributed by atoms with Crippen LogP contribution >= 0.6 is 23.2 Å². The summed E-state index contributed by atoms with van der Waals surface area (Å²) in [5.41, 5.74) is 6.73. The van der Waals surface area contributed by atoms with Crippen LogP contribution in [0.3, 0.4) is 0 Å². The summed E-state index contributed by atoms with van der Waals surface area (Å²) in [6.45, 7) is 3.67. The molecule has 3 rings (SSSR count). The number of carbonyl (C=O) groups excluding carboxylic acids is 1. The van der Waals surface area contributed by atoms with Crippen molar-refractivity contribution in [3.05, 3.63) is 45.6 Å². The van der Waals surface area contributed by atoms with E-state index in [0.717, 1.165) is 6.26 Å². The number of aromatic nitrogens is 3. The molecule has 0 spiro atoms. The summed E-state index contributed by atoms with van der Waals surface area (Å²) in [5.74, 6) is -0.775. The number of carbonyl (C=O) groups is 1. The molecule has 0 aliphatic rings. The highest BCUT2D eigenvalue weighted by Crippen LogP contribution is 2.32. The number of hydrogen-bond donors (Lipinski definition) is 2. The molecule has 0 unspecified atom stereocenters. The lowest BCUT2D eigenvalue weighted by Gasteiger charge is -2.13. The number of nitrogens with zero attached hydrogens (tertiary/aromatic N) is 3. The maximum atomic E-state index is 12.3. The van der Waals surface area contributed by atoms with E-state index < -0.39 is 15.7 Å². The van der Waals surface area contributed by atoms with Gasteiger partial charge < -0.3 is 11.1 Å².